The molecule has 0 N–H and O–H groups in total. The Morgan fingerprint density at radius 3 is 2.44 bits per heavy atom. The molecular formula is C12H18N2SSi. The zero-order valence-electron chi connectivity index (χ0n) is 10.1. The van der Waals surface area contributed by atoms with E-state index in [4.69, 9.17) is 0 Å². The molecule has 1 aromatic rings. The molecule has 1 aliphatic heterocycles. The molecule has 1 heterocycles. The van der Waals surface area contributed by atoms with E-state index in [0.29, 0.717) is 6.17 Å². The third kappa shape index (κ3) is 2.49. The third-order valence-corrected chi connectivity index (χ3v) is 5.37. The van der Waals surface area contributed by atoms with E-state index in [1.54, 1.807) is 0 Å². The van der Waals surface area contributed by atoms with Crippen LogP contribution in [0.25, 0.3) is 0 Å². The Bertz CT molecular complexity index is 372. The van der Waals surface area contributed by atoms with E-state index < -0.39 is 8.24 Å². The zero-order valence-corrected chi connectivity index (χ0v) is 11.9. The normalized spacial score (nSPS) is 20.1. The fraction of sp³-hybridized carbons (Fsp3) is 0.417. The van der Waals surface area contributed by atoms with E-state index >= 15 is 0 Å². The standard InChI is InChI=1S/C12H18N2SSi/c1-16(2,3)14(12-9-15-10-13-12)11-7-5-4-6-8-11/h4-8,10,12H,9H2,1-3H3. The van der Waals surface area contributed by atoms with Crippen molar-refractivity contribution in [2.24, 2.45) is 4.99 Å². The van der Waals surface area contributed by atoms with Crippen molar-refractivity contribution in [3.8, 4) is 0 Å². The van der Waals surface area contributed by atoms with Crippen molar-refractivity contribution < 1.29 is 0 Å². The van der Waals surface area contributed by atoms with Crippen LogP contribution in [0.5, 0.6) is 0 Å². The molecule has 1 aromatic carbocycles. The molecule has 1 atom stereocenters. The number of anilines is 1. The van der Waals surface area contributed by atoms with Crippen LogP contribution >= 0.6 is 11.8 Å². The number of aliphatic imine (C=N–C) groups is 1. The van der Waals surface area contributed by atoms with Crippen molar-refractivity contribution in [3.63, 3.8) is 0 Å². The van der Waals surface area contributed by atoms with Crippen LogP contribution in [0.2, 0.25) is 19.6 Å². The fourth-order valence-electron chi connectivity index (χ4n) is 2.02. The summed E-state index contributed by atoms with van der Waals surface area (Å²) in [5.41, 5.74) is 3.30. The van der Waals surface area contributed by atoms with Crippen LogP contribution in [0.1, 0.15) is 0 Å². The van der Waals surface area contributed by atoms with Crippen molar-refractivity contribution >= 4 is 31.2 Å². The molecule has 0 aliphatic carbocycles. The summed E-state index contributed by atoms with van der Waals surface area (Å²) in [5.74, 6) is 1.08. The molecule has 86 valence electrons. The number of benzene rings is 1. The van der Waals surface area contributed by atoms with Gasteiger partial charge in [-0.2, -0.15) is 0 Å². The molecule has 4 heteroatoms. The Kier molecular flexibility index (Phi) is 3.40. The van der Waals surface area contributed by atoms with Crippen LogP contribution in [0, 0.1) is 0 Å². The van der Waals surface area contributed by atoms with Gasteiger partial charge in [-0.25, -0.2) is 0 Å². The van der Waals surface area contributed by atoms with Gasteiger partial charge in [-0.05, 0) is 12.1 Å². The highest BCUT2D eigenvalue weighted by Gasteiger charge is 2.31. The highest BCUT2D eigenvalue weighted by molar-refractivity contribution is 8.12. The molecule has 1 aliphatic rings. The van der Waals surface area contributed by atoms with Crippen LogP contribution < -0.4 is 4.57 Å². The lowest BCUT2D eigenvalue weighted by molar-refractivity contribution is 0.796. The van der Waals surface area contributed by atoms with Crippen LogP contribution in [0.15, 0.2) is 35.3 Å². The molecule has 0 bridgehead atoms. The number of rotatable bonds is 3. The first kappa shape index (κ1) is 11.7. The highest BCUT2D eigenvalue weighted by Crippen LogP contribution is 2.28. The summed E-state index contributed by atoms with van der Waals surface area (Å²) in [4.78, 5) is 4.58. The van der Waals surface area contributed by atoms with Crippen molar-refractivity contribution in [3.05, 3.63) is 30.3 Å². The van der Waals surface area contributed by atoms with E-state index in [1.807, 2.05) is 17.3 Å². The minimum Gasteiger partial charge on any atom is -0.377 e. The summed E-state index contributed by atoms with van der Waals surface area (Å²) in [6.07, 6.45) is 0.332. The topological polar surface area (TPSA) is 15.6 Å². The minimum atomic E-state index is -1.39. The van der Waals surface area contributed by atoms with Gasteiger partial charge in [-0.15, -0.1) is 11.8 Å². The van der Waals surface area contributed by atoms with Gasteiger partial charge in [0.2, 0.25) is 0 Å². The molecule has 0 saturated heterocycles. The van der Waals surface area contributed by atoms with Crippen molar-refractivity contribution in [1.29, 1.82) is 0 Å². The number of nitrogens with zero attached hydrogens (tertiary/aromatic N) is 2. The number of thioether (sulfide) groups is 1. The first-order valence-corrected chi connectivity index (χ1v) is 10.1. The Hall–Kier alpha value is -0.743. The summed E-state index contributed by atoms with van der Waals surface area (Å²) < 4.78 is 2.53. The Labute approximate surface area is 103 Å². The van der Waals surface area contributed by atoms with Gasteiger partial charge in [-0.1, -0.05) is 37.8 Å². The quantitative estimate of drug-likeness (QED) is 0.764. The maximum Gasteiger partial charge on any atom is 0.150 e. The predicted molar refractivity (Wildman–Crippen MR) is 77.0 cm³/mol. The smallest absolute Gasteiger partial charge is 0.150 e. The van der Waals surface area contributed by atoms with Crippen molar-refractivity contribution in [2.45, 2.75) is 25.8 Å². The lowest BCUT2D eigenvalue weighted by Crippen LogP contribution is -2.52. The number of hydrogen-bond acceptors (Lipinski definition) is 3. The van der Waals surface area contributed by atoms with Crippen molar-refractivity contribution in [1.82, 2.24) is 0 Å². The predicted octanol–water partition coefficient (Wildman–Crippen LogP) is 3.43. The van der Waals surface area contributed by atoms with Crippen LogP contribution in [-0.4, -0.2) is 25.7 Å². The second-order valence-corrected chi connectivity index (χ2v) is 10.6. The third-order valence-electron chi connectivity index (χ3n) is 2.61. The molecular weight excluding hydrogens is 232 g/mol. The molecule has 16 heavy (non-hydrogen) atoms. The first-order valence-electron chi connectivity index (χ1n) is 5.57. The van der Waals surface area contributed by atoms with Gasteiger partial charge in [0.1, 0.15) is 14.4 Å². The lowest BCUT2D eigenvalue weighted by Gasteiger charge is -2.39. The maximum atomic E-state index is 4.58. The average molecular weight is 250 g/mol. The second kappa shape index (κ2) is 4.63. The molecule has 0 radical (unpaired) electrons. The molecule has 0 spiro atoms. The molecule has 0 amide bonds. The second-order valence-electron chi connectivity index (χ2n) is 4.94. The number of hydrogen-bond donors (Lipinski definition) is 0. The fourth-order valence-corrected chi connectivity index (χ4v) is 4.85. The van der Waals surface area contributed by atoms with Gasteiger partial charge in [-0.3, -0.25) is 4.99 Å². The van der Waals surface area contributed by atoms with E-state index in [-0.39, 0.29) is 0 Å². The highest BCUT2D eigenvalue weighted by atomic mass is 32.2. The molecule has 2 nitrogen and oxygen atoms in total. The minimum absolute atomic E-state index is 0.332. The Morgan fingerprint density at radius 1 is 1.25 bits per heavy atom. The molecule has 0 saturated carbocycles. The van der Waals surface area contributed by atoms with Gasteiger partial charge in [0.15, 0.2) is 0 Å². The van der Waals surface area contributed by atoms with Crippen LogP contribution in [-0.2, 0) is 0 Å². The number of para-hydroxylation sites is 1. The van der Waals surface area contributed by atoms with Gasteiger partial charge in [0, 0.05) is 11.4 Å². The molecule has 1 unspecified atom stereocenters. The Morgan fingerprint density at radius 2 is 1.94 bits per heavy atom. The van der Waals surface area contributed by atoms with Gasteiger partial charge in [0.05, 0.1) is 5.55 Å². The molecule has 0 fully saturated rings. The SMILES string of the molecule is C[Si](C)(C)N(c1ccccc1)C1CSC=N1. The van der Waals surface area contributed by atoms with E-state index in [9.17, 15) is 0 Å². The Balaban J connectivity index is 2.32. The lowest BCUT2D eigenvalue weighted by atomic mass is 10.3. The first-order chi connectivity index (χ1) is 7.59. The van der Waals surface area contributed by atoms with Crippen LogP contribution in [0.3, 0.4) is 0 Å². The molecule has 0 aromatic heterocycles. The average Bonchev–Trinajstić information content (AvgIpc) is 2.71. The zero-order chi connectivity index (χ0) is 11.6. The maximum absolute atomic E-state index is 4.58. The van der Waals surface area contributed by atoms with Gasteiger partial charge in [0.25, 0.3) is 0 Å². The molecule has 2 rings (SSSR count). The van der Waals surface area contributed by atoms with Crippen molar-refractivity contribution in [2.75, 3.05) is 10.3 Å². The van der Waals surface area contributed by atoms with Crippen LogP contribution in [0.4, 0.5) is 5.69 Å². The summed E-state index contributed by atoms with van der Waals surface area (Å²) in [7, 11) is -1.39. The van der Waals surface area contributed by atoms with E-state index in [0.717, 1.165) is 5.75 Å². The largest absolute Gasteiger partial charge is 0.377 e. The summed E-state index contributed by atoms with van der Waals surface area (Å²) >= 11 is 1.81. The van der Waals surface area contributed by atoms with E-state index in [1.165, 1.54) is 5.69 Å². The summed E-state index contributed by atoms with van der Waals surface area (Å²) in [6, 6.07) is 10.7. The summed E-state index contributed by atoms with van der Waals surface area (Å²) in [6.45, 7) is 7.12. The van der Waals surface area contributed by atoms with Gasteiger partial charge >= 0.3 is 0 Å². The van der Waals surface area contributed by atoms with E-state index in [2.05, 4.69) is 59.5 Å². The summed E-state index contributed by atoms with van der Waals surface area (Å²) in [5, 5.41) is 0. The van der Waals surface area contributed by atoms with Gasteiger partial charge < -0.3 is 4.57 Å². The monoisotopic (exact) mass is 250 g/mol.